The summed E-state index contributed by atoms with van der Waals surface area (Å²) in [5.74, 6) is 0.783. The molecule has 2 heterocycles. The van der Waals surface area contributed by atoms with Crippen LogP contribution in [0.5, 0.6) is 5.75 Å². The van der Waals surface area contributed by atoms with E-state index in [1.54, 1.807) is 43.2 Å². The standard InChI is InChI=1S/C22H22ClN5O5.CH3NO2/c1-13-20(21(25-33-13)16-12-15(32-2)4-5-18(16)24)22(29)27-9-7-26(8-10-27)19-6-3-14(28(30)31)11-17(19)23;2-1(3)4/h3-6,11-12H,7-10,24H2,1-2H3;2H2,(H,3,4). The summed E-state index contributed by atoms with van der Waals surface area (Å²) in [7, 11) is 1.55. The van der Waals surface area contributed by atoms with Crippen LogP contribution in [-0.4, -0.2) is 65.4 Å². The fourth-order valence-electron chi connectivity index (χ4n) is 3.85. The van der Waals surface area contributed by atoms with E-state index in [0.29, 0.717) is 70.9 Å². The number of halogens is 1. The van der Waals surface area contributed by atoms with E-state index >= 15 is 0 Å². The number of rotatable bonds is 5. The number of aromatic nitrogens is 1. The molecule has 5 N–H and O–H groups in total. The normalized spacial score (nSPS) is 12.9. The highest BCUT2D eigenvalue weighted by molar-refractivity contribution is 6.33. The Morgan fingerprint density at radius 2 is 1.84 bits per heavy atom. The number of ether oxygens (including phenoxy) is 1. The van der Waals surface area contributed by atoms with Gasteiger partial charge in [0, 0.05) is 49.6 Å². The van der Waals surface area contributed by atoms with Gasteiger partial charge in [0.05, 0.1) is 22.7 Å². The van der Waals surface area contributed by atoms with Crippen molar-refractivity contribution in [3.05, 3.63) is 62.9 Å². The third kappa shape index (κ3) is 6.19. The third-order valence-electron chi connectivity index (χ3n) is 5.64. The number of methoxy groups -OCH3 is 1. The first-order valence-corrected chi connectivity index (χ1v) is 11.3. The van der Waals surface area contributed by atoms with Crippen LogP contribution in [0.4, 0.5) is 21.9 Å². The molecule has 2 amide bonds. The number of primary amides is 1. The Bertz CT molecular complexity index is 1320. The second kappa shape index (κ2) is 11.5. The minimum Gasteiger partial charge on any atom is -0.497 e. The van der Waals surface area contributed by atoms with Gasteiger partial charge >= 0.3 is 6.09 Å². The number of anilines is 2. The lowest BCUT2D eigenvalue weighted by Gasteiger charge is -2.36. The molecule has 1 aliphatic rings. The topological polar surface area (TPSA) is 191 Å². The summed E-state index contributed by atoms with van der Waals surface area (Å²) < 4.78 is 10.6. The van der Waals surface area contributed by atoms with Crippen molar-refractivity contribution in [1.82, 2.24) is 10.1 Å². The van der Waals surface area contributed by atoms with Gasteiger partial charge in [-0.25, -0.2) is 4.79 Å². The van der Waals surface area contributed by atoms with E-state index in [0.717, 1.165) is 0 Å². The molecule has 3 aromatic rings. The molecule has 37 heavy (non-hydrogen) atoms. The largest absolute Gasteiger partial charge is 0.497 e. The van der Waals surface area contributed by atoms with Gasteiger partial charge in [-0.3, -0.25) is 14.9 Å². The van der Waals surface area contributed by atoms with Crippen molar-refractivity contribution >= 4 is 40.7 Å². The minimum absolute atomic E-state index is 0.0650. The van der Waals surface area contributed by atoms with Crippen LogP contribution in [0, 0.1) is 17.0 Å². The highest BCUT2D eigenvalue weighted by Crippen LogP contribution is 2.34. The van der Waals surface area contributed by atoms with Crippen molar-refractivity contribution in [2.45, 2.75) is 6.92 Å². The van der Waals surface area contributed by atoms with Crippen LogP contribution in [0.15, 0.2) is 40.9 Å². The number of nitro groups is 1. The number of nitro benzene ring substituents is 1. The molecule has 1 aromatic heterocycles. The molecule has 1 aliphatic heterocycles. The number of non-ortho nitro benzene ring substituents is 1. The number of aryl methyl sites for hydroxylation is 1. The average molecular weight is 533 g/mol. The van der Waals surface area contributed by atoms with Crippen LogP contribution >= 0.6 is 11.6 Å². The van der Waals surface area contributed by atoms with Gasteiger partial charge in [0.2, 0.25) is 0 Å². The van der Waals surface area contributed by atoms with Gasteiger partial charge in [-0.2, -0.15) is 0 Å². The summed E-state index contributed by atoms with van der Waals surface area (Å²) in [6.45, 7) is 3.59. The van der Waals surface area contributed by atoms with Crippen LogP contribution < -0.4 is 21.1 Å². The molecule has 0 unspecified atom stereocenters. The van der Waals surface area contributed by atoms with Crippen molar-refractivity contribution in [3.8, 4) is 17.0 Å². The fourth-order valence-corrected chi connectivity index (χ4v) is 4.14. The first kappa shape index (κ1) is 27.1. The van der Waals surface area contributed by atoms with E-state index in [-0.39, 0.29) is 11.6 Å². The molecule has 2 aromatic carbocycles. The van der Waals surface area contributed by atoms with Crippen LogP contribution in [0.3, 0.4) is 0 Å². The maximum atomic E-state index is 13.4. The van der Waals surface area contributed by atoms with Gasteiger partial charge in [-0.1, -0.05) is 16.8 Å². The summed E-state index contributed by atoms with van der Waals surface area (Å²) in [5, 5.41) is 22.5. The lowest BCUT2D eigenvalue weighted by atomic mass is 10.0. The zero-order valence-corrected chi connectivity index (χ0v) is 20.8. The second-order valence-corrected chi connectivity index (χ2v) is 8.33. The van der Waals surface area contributed by atoms with Gasteiger partial charge in [0.15, 0.2) is 0 Å². The maximum absolute atomic E-state index is 13.4. The minimum atomic E-state index is -1.33. The lowest BCUT2D eigenvalue weighted by molar-refractivity contribution is -0.384. The fraction of sp³-hybridized carbons (Fsp3) is 0.261. The number of hydrogen-bond donors (Lipinski definition) is 3. The molecule has 0 saturated carbocycles. The summed E-state index contributed by atoms with van der Waals surface area (Å²) in [4.78, 5) is 36.4. The molecule has 1 saturated heterocycles. The second-order valence-electron chi connectivity index (χ2n) is 7.93. The quantitative estimate of drug-likeness (QED) is 0.249. The van der Waals surface area contributed by atoms with Gasteiger partial charge in [-0.05, 0) is 31.2 Å². The van der Waals surface area contributed by atoms with E-state index in [1.165, 1.54) is 12.1 Å². The van der Waals surface area contributed by atoms with Crippen molar-refractivity contribution in [3.63, 3.8) is 0 Å². The summed E-state index contributed by atoms with van der Waals surface area (Å²) >= 11 is 6.27. The van der Waals surface area contributed by atoms with E-state index in [9.17, 15) is 14.9 Å². The van der Waals surface area contributed by atoms with Crippen molar-refractivity contribution in [2.24, 2.45) is 5.73 Å². The highest BCUT2D eigenvalue weighted by atomic mass is 35.5. The summed E-state index contributed by atoms with van der Waals surface area (Å²) in [6, 6.07) is 9.53. The number of carbonyl (C=O) groups is 2. The number of amides is 2. The number of nitrogen functional groups attached to an aromatic ring is 1. The molecule has 0 spiro atoms. The number of hydrogen-bond acceptors (Lipinski definition) is 9. The Balaban J connectivity index is 0.000000886. The number of benzene rings is 2. The summed E-state index contributed by atoms with van der Waals surface area (Å²) in [5.41, 5.74) is 12.5. The molecule has 0 atom stereocenters. The number of carboxylic acid groups (broad SMARTS) is 1. The number of piperazine rings is 1. The molecule has 0 radical (unpaired) electrons. The van der Waals surface area contributed by atoms with E-state index in [4.69, 9.17) is 36.5 Å². The molecule has 0 aliphatic carbocycles. The number of nitrogens with two attached hydrogens (primary N) is 2. The third-order valence-corrected chi connectivity index (χ3v) is 5.94. The van der Waals surface area contributed by atoms with Gasteiger partial charge in [0.25, 0.3) is 11.6 Å². The van der Waals surface area contributed by atoms with E-state index < -0.39 is 11.0 Å². The van der Waals surface area contributed by atoms with Crippen LogP contribution in [-0.2, 0) is 0 Å². The molecule has 1 fully saturated rings. The van der Waals surface area contributed by atoms with Crippen molar-refractivity contribution < 1.29 is 28.9 Å². The Hall–Kier alpha value is -4.52. The maximum Gasteiger partial charge on any atom is 0.402 e. The zero-order chi connectivity index (χ0) is 27.3. The molecule has 13 nitrogen and oxygen atoms in total. The molecular weight excluding hydrogens is 508 g/mol. The first-order chi connectivity index (χ1) is 17.5. The first-order valence-electron chi connectivity index (χ1n) is 10.9. The van der Waals surface area contributed by atoms with Gasteiger partial charge in [0.1, 0.15) is 22.8 Å². The predicted octanol–water partition coefficient (Wildman–Crippen LogP) is 3.39. The van der Waals surface area contributed by atoms with E-state index in [1.807, 2.05) is 4.90 Å². The van der Waals surface area contributed by atoms with E-state index in [2.05, 4.69) is 10.9 Å². The molecule has 196 valence electrons. The van der Waals surface area contributed by atoms with Crippen molar-refractivity contribution in [1.29, 1.82) is 0 Å². The molecular formula is C23H25ClN6O7. The number of nitrogens with zero attached hydrogens (tertiary/aromatic N) is 4. The number of carbonyl (C=O) groups excluding carboxylic acids is 1. The Morgan fingerprint density at radius 3 is 2.41 bits per heavy atom. The average Bonchev–Trinajstić information content (AvgIpc) is 3.24. The predicted molar refractivity (Wildman–Crippen MR) is 136 cm³/mol. The van der Waals surface area contributed by atoms with Gasteiger partial charge in [-0.15, -0.1) is 0 Å². The smallest absolute Gasteiger partial charge is 0.402 e. The lowest BCUT2D eigenvalue weighted by Crippen LogP contribution is -2.49. The zero-order valence-electron chi connectivity index (χ0n) is 20.0. The highest BCUT2D eigenvalue weighted by Gasteiger charge is 2.30. The Morgan fingerprint density at radius 1 is 1.19 bits per heavy atom. The van der Waals surface area contributed by atoms with Crippen molar-refractivity contribution in [2.75, 3.05) is 43.9 Å². The SMILES string of the molecule is COc1ccc(N)c(-c2noc(C)c2C(=O)N2CCN(c3ccc([N+](=O)[O-])cc3Cl)CC2)c1.NC(=O)O. The molecule has 4 rings (SSSR count). The van der Waals surface area contributed by atoms with Gasteiger partial charge < -0.3 is 35.6 Å². The Labute approximate surface area is 216 Å². The monoisotopic (exact) mass is 532 g/mol. The molecule has 14 heteroatoms. The van der Waals surface area contributed by atoms with Crippen LogP contribution in [0.25, 0.3) is 11.3 Å². The van der Waals surface area contributed by atoms with Crippen LogP contribution in [0.2, 0.25) is 5.02 Å². The summed E-state index contributed by atoms with van der Waals surface area (Å²) in [6.07, 6.45) is -1.33. The molecule has 0 bridgehead atoms. The van der Waals surface area contributed by atoms with Crippen LogP contribution in [0.1, 0.15) is 16.1 Å². The Kier molecular flexibility index (Phi) is 8.40.